The molecule has 0 aromatic heterocycles. The molecule has 0 spiro atoms. The van der Waals surface area contributed by atoms with Crippen molar-refractivity contribution in [3.05, 3.63) is 100 Å². The predicted octanol–water partition coefficient (Wildman–Crippen LogP) is 4.11. The molecule has 0 unspecified atom stereocenters. The highest BCUT2D eigenvalue weighted by Gasteiger charge is 2.29. The van der Waals surface area contributed by atoms with Crippen molar-refractivity contribution in [1.29, 1.82) is 0 Å². The van der Waals surface area contributed by atoms with E-state index in [4.69, 9.17) is 16.4 Å². The lowest BCUT2D eigenvalue weighted by Crippen LogP contribution is -2.30. The molecule has 4 rings (SSSR count). The summed E-state index contributed by atoms with van der Waals surface area (Å²) in [4.78, 5) is 17.5. The molecule has 0 bridgehead atoms. The maximum absolute atomic E-state index is 12.0. The smallest absolute Gasteiger partial charge is 0.249 e. The van der Waals surface area contributed by atoms with Crippen molar-refractivity contribution in [3.63, 3.8) is 0 Å². The molecule has 1 atom stereocenters. The van der Waals surface area contributed by atoms with Crippen LogP contribution in [0.15, 0.2) is 78.4 Å². The zero-order valence-electron chi connectivity index (χ0n) is 14.6. The first kappa shape index (κ1) is 17.6. The van der Waals surface area contributed by atoms with Crippen LogP contribution in [0.3, 0.4) is 0 Å². The van der Waals surface area contributed by atoms with Gasteiger partial charge in [-0.2, -0.15) is 0 Å². The number of nitrogens with one attached hydrogen (secondary N) is 2. The number of rotatable bonds is 6. The summed E-state index contributed by atoms with van der Waals surface area (Å²) >= 11 is 5.86. The third-order valence-corrected chi connectivity index (χ3v) is 4.91. The van der Waals surface area contributed by atoms with E-state index < -0.39 is 0 Å². The van der Waals surface area contributed by atoms with Crippen LogP contribution in [0.2, 0.25) is 5.02 Å². The van der Waals surface area contributed by atoms with Crippen LogP contribution < -0.4 is 10.8 Å². The number of carbonyl (C=O) groups is 1. The normalized spacial score (nSPS) is 16.9. The zero-order valence-corrected chi connectivity index (χ0v) is 15.4. The van der Waals surface area contributed by atoms with Gasteiger partial charge in [0.2, 0.25) is 5.91 Å². The van der Waals surface area contributed by atoms with E-state index in [1.165, 1.54) is 5.56 Å². The van der Waals surface area contributed by atoms with Gasteiger partial charge < -0.3 is 5.32 Å². The van der Waals surface area contributed by atoms with E-state index in [0.717, 1.165) is 22.4 Å². The standard InChI is InChI=1S/C22H19ClN2O2/c23-16-11-9-15(10-12-16)13-24-21(26)14-27-25-22-19-7-3-1-5-17(19)18-6-2-4-8-20(18)22/h1-12,17,25H,13-14H2,(H,24,26)/t17-/m1/s1. The van der Waals surface area contributed by atoms with E-state index >= 15 is 0 Å². The minimum absolute atomic E-state index is 0.0727. The van der Waals surface area contributed by atoms with Crippen LogP contribution in [0.1, 0.15) is 22.6 Å². The predicted molar refractivity (Wildman–Crippen MR) is 107 cm³/mol. The first-order chi connectivity index (χ1) is 13.2. The number of hydrogen-bond acceptors (Lipinski definition) is 3. The van der Waals surface area contributed by atoms with Crippen LogP contribution in [0, 0.1) is 0 Å². The Bertz CT molecular complexity index is 945. The van der Waals surface area contributed by atoms with Crippen molar-refractivity contribution in [2.45, 2.75) is 12.5 Å². The van der Waals surface area contributed by atoms with Crippen molar-refractivity contribution in [2.24, 2.45) is 0 Å². The molecular weight excluding hydrogens is 360 g/mol. The molecule has 2 aromatic rings. The van der Waals surface area contributed by atoms with Crippen molar-refractivity contribution >= 4 is 23.2 Å². The summed E-state index contributed by atoms with van der Waals surface area (Å²) in [6.45, 7) is 0.364. The van der Waals surface area contributed by atoms with Crippen LogP contribution >= 0.6 is 11.6 Å². The second-order valence-corrected chi connectivity index (χ2v) is 6.87. The maximum atomic E-state index is 12.0. The molecule has 136 valence electrons. The Balaban J connectivity index is 1.34. The Morgan fingerprint density at radius 1 is 1.07 bits per heavy atom. The molecule has 2 N–H and O–H groups in total. The Kier molecular flexibility index (Phi) is 5.10. The van der Waals surface area contributed by atoms with Crippen LogP contribution in [0.4, 0.5) is 0 Å². The second-order valence-electron chi connectivity index (χ2n) is 6.43. The van der Waals surface area contributed by atoms with Gasteiger partial charge in [-0.25, -0.2) is 0 Å². The van der Waals surface area contributed by atoms with E-state index in [-0.39, 0.29) is 18.4 Å². The molecule has 2 aliphatic rings. The van der Waals surface area contributed by atoms with Crippen LogP contribution in [-0.2, 0) is 16.2 Å². The lowest BCUT2D eigenvalue weighted by Gasteiger charge is -2.13. The highest BCUT2D eigenvalue weighted by Crippen LogP contribution is 2.43. The summed E-state index contributed by atoms with van der Waals surface area (Å²) in [6, 6.07) is 15.6. The first-order valence-electron chi connectivity index (χ1n) is 8.79. The minimum atomic E-state index is -0.190. The monoisotopic (exact) mass is 378 g/mol. The van der Waals surface area contributed by atoms with E-state index in [1.54, 1.807) is 12.1 Å². The van der Waals surface area contributed by atoms with E-state index in [1.807, 2.05) is 30.3 Å². The average molecular weight is 379 g/mol. The largest absolute Gasteiger partial charge is 0.350 e. The number of allylic oxidation sites excluding steroid dienone is 5. The number of fused-ring (bicyclic) bond motifs is 3. The molecule has 0 fully saturated rings. The van der Waals surface area contributed by atoms with Gasteiger partial charge in [0, 0.05) is 23.0 Å². The number of benzene rings is 2. The summed E-state index contributed by atoms with van der Waals surface area (Å²) in [5.74, 6) is 0.0426. The molecule has 1 amide bonds. The third-order valence-electron chi connectivity index (χ3n) is 4.66. The lowest BCUT2D eigenvalue weighted by atomic mass is 9.92. The molecule has 4 nitrogen and oxygen atoms in total. The number of hydroxylamine groups is 1. The molecule has 0 radical (unpaired) electrons. The topological polar surface area (TPSA) is 50.4 Å². The van der Waals surface area contributed by atoms with Gasteiger partial charge >= 0.3 is 0 Å². The molecule has 0 saturated carbocycles. The molecule has 5 heteroatoms. The molecule has 0 saturated heterocycles. The van der Waals surface area contributed by atoms with Crippen molar-refractivity contribution in [1.82, 2.24) is 10.8 Å². The molecular formula is C22H19ClN2O2. The molecule has 0 aliphatic heterocycles. The Morgan fingerprint density at radius 3 is 2.74 bits per heavy atom. The summed E-state index contributed by atoms with van der Waals surface area (Å²) in [5.41, 5.74) is 8.39. The van der Waals surface area contributed by atoms with Gasteiger partial charge in [0.15, 0.2) is 6.61 Å². The van der Waals surface area contributed by atoms with Crippen molar-refractivity contribution in [2.75, 3.05) is 6.61 Å². The zero-order chi connectivity index (χ0) is 18.6. The molecule has 2 aromatic carbocycles. The molecule has 27 heavy (non-hydrogen) atoms. The van der Waals surface area contributed by atoms with Gasteiger partial charge in [-0.3, -0.25) is 15.1 Å². The van der Waals surface area contributed by atoms with E-state index in [9.17, 15) is 4.79 Å². The maximum Gasteiger partial charge on any atom is 0.249 e. The Morgan fingerprint density at radius 2 is 1.89 bits per heavy atom. The summed E-state index contributed by atoms with van der Waals surface area (Å²) in [6.07, 6.45) is 8.32. The highest BCUT2D eigenvalue weighted by molar-refractivity contribution is 6.30. The summed E-state index contributed by atoms with van der Waals surface area (Å²) in [7, 11) is 0. The van der Waals surface area contributed by atoms with Gasteiger partial charge in [0.05, 0.1) is 5.70 Å². The quantitative estimate of drug-likeness (QED) is 0.744. The van der Waals surface area contributed by atoms with E-state index in [2.05, 4.69) is 41.2 Å². The van der Waals surface area contributed by atoms with Gasteiger partial charge in [-0.05, 0) is 28.8 Å². The highest BCUT2D eigenvalue weighted by atomic mass is 35.5. The third kappa shape index (κ3) is 3.82. The second kappa shape index (κ2) is 7.82. The van der Waals surface area contributed by atoms with Crippen LogP contribution in [-0.4, -0.2) is 12.5 Å². The number of amides is 1. The van der Waals surface area contributed by atoms with Gasteiger partial charge in [0.1, 0.15) is 0 Å². The molecule has 2 aliphatic carbocycles. The number of halogens is 1. The fraction of sp³-hybridized carbons (Fsp3) is 0.136. The van der Waals surface area contributed by atoms with Gasteiger partial charge in [0.25, 0.3) is 0 Å². The molecule has 0 heterocycles. The Hall–Kier alpha value is -2.82. The number of hydrogen-bond donors (Lipinski definition) is 2. The van der Waals surface area contributed by atoms with Crippen LogP contribution in [0.5, 0.6) is 0 Å². The first-order valence-corrected chi connectivity index (χ1v) is 9.17. The Labute approximate surface area is 163 Å². The van der Waals surface area contributed by atoms with Crippen molar-refractivity contribution < 1.29 is 9.63 Å². The SMILES string of the molecule is O=C(CONC1=C2C=CC=C[C@@H]2c2ccccc21)NCc1ccc(Cl)cc1. The van der Waals surface area contributed by atoms with E-state index in [0.29, 0.717) is 11.6 Å². The fourth-order valence-corrected chi connectivity index (χ4v) is 3.47. The number of carbonyl (C=O) groups excluding carboxylic acids is 1. The lowest BCUT2D eigenvalue weighted by molar-refractivity contribution is -0.127. The fourth-order valence-electron chi connectivity index (χ4n) is 3.34. The van der Waals surface area contributed by atoms with Gasteiger partial charge in [-0.1, -0.05) is 72.3 Å². The van der Waals surface area contributed by atoms with Gasteiger partial charge in [-0.15, -0.1) is 0 Å². The van der Waals surface area contributed by atoms with Crippen LogP contribution in [0.25, 0.3) is 5.70 Å². The summed E-state index contributed by atoms with van der Waals surface area (Å²) in [5, 5.41) is 3.51. The minimum Gasteiger partial charge on any atom is -0.350 e. The van der Waals surface area contributed by atoms with Crippen molar-refractivity contribution in [3.8, 4) is 0 Å². The summed E-state index contributed by atoms with van der Waals surface area (Å²) < 4.78 is 0. The average Bonchev–Trinajstić information content (AvgIpc) is 3.02.